The van der Waals surface area contributed by atoms with Crippen LogP contribution in [0.3, 0.4) is 0 Å². The fourth-order valence-corrected chi connectivity index (χ4v) is 1.28. The lowest BCUT2D eigenvalue weighted by atomic mass is 10.2. The molecule has 0 aliphatic rings. The Morgan fingerprint density at radius 3 is 2.75 bits per heavy atom. The number of carbonyl (C=O) groups is 1. The maximum atomic E-state index is 11.3. The first kappa shape index (κ1) is 15.5. The number of rotatable bonds is 2. The van der Waals surface area contributed by atoms with E-state index in [9.17, 15) is 4.79 Å². The van der Waals surface area contributed by atoms with E-state index in [2.05, 4.69) is 22.1 Å². The lowest BCUT2D eigenvalue weighted by molar-refractivity contribution is 0.0529. The number of pyridine rings is 1. The third-order valence-corrected chi connectivity index (χ3v) is 2.02. The Bertz CT molecular complexity index is 571. The first-order chi connectivity index (χ1) is 9.40. The Balaban J connectivity index is 2.37. The zero-order valence-corrected chi connectivity index (χ0v) is 11.9. The second-order valence-electron chi connectivity index (χ2n) is 5.05. The number of nitriles is 1. The normalized spacial score (nSPS) is 9.90. The van der Waals surface area contributed by atoms with Crippen molar-refractivity contribution in [2.45, 2.75) is 32.8 Å². The molecule has 0 aliphatic heterocycles. The quantitative estimate of drug-likeness (QED) is 0.661. The Kier molecular flexibility index (Phi) is 5.56. The number of ether oxygens (including phenoxy) is 1. The van der Waals surface area contributed by atoms with Crippen LogP contribution in [0.5, 0.6) is 0 Å². The summed E-state index contributed by atoms with van der Waals surface area (Å²) in [5.41, 5.74) is 0.657. The number of nitrogens with one attached hydrogen (secondary N) is 1. The number of carbonyl (C=O) groups excluding carboxylic acids is 1. The summed E-state index contributed by atoms with van der Waals surface area (Å²) in [6.07, 6.45) is 3.12. The molecule has 0 aliphatic carbocycles. The molecule has 1 amide bonds. The highest BCUT2D eigenvalue weighted by Gasteiger charge is 2.15. The minimum atomic E-state index is -0.501. The number of aromatic nitrogens is 1. The first-order valence-electron chi connectivity index (χ1n) is 6.21. The second kappa shape index (κ2) is 7.16. The molecule has 0 radical (unpaired) electrons. The van der Waals surface area contributed by atoms with Crippen molar-refractivity contribution in [2.75, 3.05) is 6.54 Å². The van der Waals surface area contributed by atoms with Gasteiger partial charge in [0.1, 0.15) is 11.7 Å². The predicted molar refractivity (Wildman–Crippen MR) is 74.7 cm³/mol. The van der Waals surface area contributed by atoms with Gasteiger partial charge in [0, 0.05) is 30.9 Å². The van der Waals surface area contributed by atoms with Crippen molar-refractivity contribution in [2.24, 2.45) is 0 Å². The van der Waals surface area contributed by atoms with Gasteiger partial charge in [0.25, 0.3) is 0 Å². The predicted octanol–water partition coefficient (Wildman–Crippen LogP) is 2.22. The van der Waals surface area contributed by atoms with Gasteiger partial charge in [-0.2, -0.15) is 5.26 Å². The average molecular weight is 271 g/mol. The van der Waals surface area contributed by atoms with E-state index in [0.717, 1.165) is 0 Å². The Hall–Kier alpha value is -2.53. The van der Waals surface area contributed by atoms with E-state index in [1.165, 1.54) is 6.20 Å². The van der Waals surface area contributed by atoms with Crippen molar-refractivity contribution in [1.82, 2.24) is 10.3 Å². The molecular formula is C15H17N3O2. The molecule has 0 bridgehead atoms. The van der Waals surface area contributed by atoms with E-state index >= 15 is 0 Å². The third kappa shape index (κ3) is 6.42. The van der Waals surface area contributed by atoms with Crippen molar-refractivity contribution >= 4 is 6.09 Å². The molecule has 5 heteroatoms. The molecule has 0 unspecified atom stereocenters. The fourth-order valence-electron chi connectivity index (χ4n) is 1.28. The molecule has 0 saturated carbocycles. The van der Waals surface area contributed by atoms with Crippen molar-refractivity contribution in [3.05, 3.63) is 29.6 Å². The molecular weight excluding hydrogens is 254 g/mol. The van der Waals surface area contributed by atoms with Crippen LogP contribution in [-0.4, -0.2) is 23.2 Å². The molecule has 104 valence electrons. The highest BCUT2D eigenvalue weighted by atomic mass is 16.6. The first-order valence-corrected chi connectivity index (χ1v) is 6.21. The minimum absolute atomic E-state index is 0.410. The Labute approximate surface area is 119 Å². The van der Waals surface area contributed by atoms with Gasteiger partial charge in [-0.25, -0.2) is 4.79 Å². The van der Waals surface area contributed by atoms with Crippen LogP contribution in [0, 0.1) is 23.2 Å². The second-order valence-corrected chi connectivity index (χ2v) is 5.05. The molecule has 1 N–H and O–H groups in total. The van der Waals surface area contributed by atoms with Crippen LogP contribution >= 0.6 is 0 Å². The Morgan fingerprint density at radius 2 is 2.10 bits per heavy atom. The van der Waals surface area contributed by atoms with Gasteiger partial charge in [-0.3, -0.25) is 4.98 Å². The molecule has 5 nitrogen and oxygen atoms in total. The van der Waals surface area contributed by atoms with Gasteiger partial charge in [0.15, 0.2) is 0 Å². The summed E-state index contributed by atoms with van der Waals surface area (Å²) in [6, 6.07) is 3.67. The number of alkyl carbamates (subject to hydrolysis) is 1. The summed E-state index contributed by atoms with van der Waals surface area (Å²) in [4.78, 5) is 15.3. The van der Waals surface area contributed by atoms with E-state index in [-0.39, 0.29) is 0 Å². The Morgan fingerprint density at radius 1 is 1.40 bits per heavy atom. The summed E-state index contributed by atoms with van der Waals surface area (Å²) in [7, 11) is 0. The van der Waals surface area contributed by atoms with Crippen molar-refractivity contribution in [3.63, 3.8) is 0 Å². The lowest BCUT2D eigenvalue weighted by Crippen LogP contribution is -2.32. The van der Waals surface area contributed by atoms with Crippen molar-refractivity contribution in [1.29, 1.82) is 5.26 Å². The van der Waals surface area contributed by atoms with Gasteiger partial charge in [-0.15, -0.1) is 0 Å². The van der Waals surface area contributed by atoms with E-state index in [1.54, 1.807) is 12.3 Å². The van der Waals surface area contributed by atoms with E-state index in [1.807, 2.05) is 26.8 Å². The monoisotopic (exact) mass is 271 g/mol. The number of nitrogens with zero attached hydrogens (tertiary/aromatic N) is 2. The molecule has 0 spiro atoms. The zero-order valence-electron chi connectivity index (χ0n) is 11.9. The van der Waals surface area contributed by atoms with E-state index in [4.69, 9.17) is 10.00 Å². The molecule has 0 saturated heterocycles. The molecule has 1 aromatic heterocycles. The summed E-state index contributed by atoms with van der Waals surface area (Å²) < 4.78 is 5.09. The number of amides is 1. The van der Waals surface area contributed by atoms with Crippen LogP contribution < -0.4 is 5.32 Å². The smallest absolute Gasteiger partial charge is 0.407 e. The van der Waals surface area contributed by atoms with Crippen LogP contribution in [-0.2, 0) is 4.74 Å². The SMILES string of the molecule is CC(C)(C)OC(=O)NCCC#Cc1cncc(C#N)c1. The minimum Gasteiger partial charge on any atom is -0.444 e. The summed E-state index contributed by atoms with van der Waals surface area (Å²) in [5, 5.41) is 11.3. The van der Waals surface area contributed by atoms with Gasteiger partial charge < -0.3 is 10.1 Å². The standard InChI is InChI=1S/C15H17N3O2/c1-15(2,3)20-14(19)18-7-5-4-6-12-8-13(9-16)11-17-10-12/h8,10-11H,5,7H2,1-3H3,(H,18,19). The molecule has 0 aromatic carbocycles. The summed E-state index contributed by atoms with van der Waals surface area (Å²) in [6.45, 7) is 5.83. The van der Waals surface area contributed by atoms with Gasteiger partial charge in [0.2, 0.25) is 0 Å². The fraction of sp³-hybridized carbons (Fsp3) is 0.400. The lowest BCUT2D eigenvalue weighted by Gasteiger charge is -2.19. The van der Waals surface area contributed by atoms with Crippen LogP contribution in [0.25, 0.3) is 0 Å². The molecule has 1 aromatic rings. The van der Waals surface area contributed by atoms with Gasteiger partial charge >= 0.3 is 6.09 Å². The van der Waals surface area contributed by atoms with Crippen LogP contribution in [0.4, 0.5) is 4.79 Å². The van der Waals surface area contributed by atoms with Crippen LogP contribution in [0.2, 0.25) is 0 Å². The highest BCUT2D eigenvalue weighted by molar-refractivity contribution is 5.67. The van der Waals surface area contributed by atoms with Crippen LogP contribution in [0.15, 0.2) is 18.5 Å². The van der Waals surface area contributed by atoms with Crippen molar-refractivity contribution < 1.29 is 9.53 Å². The van der Waals surface area contributed by atoms with Crippen LogP contribution in [0.1, 0.15) is 38.3 Å². The van der Waals surface area contributed by atoms with Gasteiger partial charge in [-0.05, 0) is 26.8 Å². The third-order valence-electron chi connectivity index (χ3n) is 2.02. The van der Waals surface area contributed by atoms with E-state index in [0.29, 0.717) is 24.1 Å². The molecule has 1 rings (SSSR count). The molecule has 20 heavy (non-hydrogen) atoms. The highest BCUT2D eigenvalue weighted by Crippen LogP contribution is 2.06. The van der Waals surface area contributed by atoms with Crippen molar-refractivity contribution in [3.8, 4) is 17.9 Å². The molecule has 0 fully saturated rings. The number of hydrogen-bond donors (Lipinski definition) is 1. The largest absolute Gasteiger partial charge is 0.444 e. The topological polar surface area (TPSA) is 75.0 Å². The number of hydrogen-bond acceptors (Lipinski definition) is 4. The molecule has 0 atom stereocenters. The van der Waals surface area contributed by atoms with Gasteiger partial charge in [0.05, 0.1) is 5.56 Å². The molecule has 1 heterocycles. The maximum Gasteiger partial charge on any atom is 0.407 e. The average Bonchev–Trinajstić information content (AvgIpc) is 2.36. The zero-order chi connectivity index (χ0) is 15.0. The summed E-state index contributed by atoms with van der Waals surface area (Å²) >= 11 is 0. The summed E-state index contributed by atoms with van der Waals surface area (Å²) in [5.74, 6) is 5.79. The maximum absolute atomic E-state index is 11.3. The van der Waals surface area contributed by atoms with Gasteiger partial charge in [-0.1, -0.05) is 11.8 Å². The van der Waals surface area contributed by atoms with E-state index < -0.39 is 11.7 Å².